The van der Waals surface area contributed by atoms with Crippen LogP contribution in [0.2, 0.25) is 0 Å². The van der Waals surface area contributed by atoms with E-state index in [2.05, 4.69) is 10.9 Å². The van der Waals surface area contributed by atoms with E-state index in [9.17, 15) is 19.5 Å². The highest BCUT2D eigenvalue weighted by Gasteiger charge is 2.70. The van der Waals surface area contributed by atoms with Gasteiger partial charge in [0, 0.05) is 12.5 Å². The first-order valence-electron chi connectivity index (χ1n) is 11.4. The van der Waals surface area contributed by atoms with E-state index in [1.54, 1.807) is 20.8 Å². The SMILES string of the molecule is CC(C)=CCCC(C)=CCC12OC(C)(C)C(Cl)CC1(C)C(=O)C1=C(C2=O)C(=[N+]=N)C(O)=CC1=O. The Morgan fingerprint density at radius 2 is 1.82 bits per heavy atom. The molecule has 1 heterocycles. The zero-order valence-corrected chi connectivity index (χ0v) is 21.3. The predicted octanol–water partition coefficient (Wildman–Crippen LogP) is 4.77. The summed E-state index contributed by atoms with van der Waals surface area (Å²) in [6, 6.07) is 0. The summed E-state index contributed by atoms with van der Waals surface area (Å²) in [6.45, 7) is 11.2. The summed E-state index contributed by atoms with van der Waals surface area (Å²) in [5.74, 6) is -2.60. The van der Waals surface area contributed by atoms with Gasteiger partial charge in [-0.15, -0.1) is 11.6 Å². The second-order valence-electron chi connectivity index (χ2n) is 10.4. The topological polar surface area (TPSA) is 119 Å². The van der Waals surface area contributed by atoms with Crippen molar-refractivity contribution in [3.8, 4) is 0 Å². The van der Waals surface area contributed by atoms with Crippen LogP contribution in [-0.2, 0) is 19.1 Å². The molecule has 1 aliphatic heterocycles. The van der Waals surface area contributed by atoms with Crippen LogP contribution in [0.25, 0.3) is 0 Å². The highest BCUT2D eigenvalue weighted by Crippen LogP contribution is 2.57. The van der Waals surface area contributed by atoms with Crippen molar-refractivity contribution in [2.45, 2.75) is 83.8 Å². The standard InChI is InChI=1S/C26H31ClN2O5/c1-14(2)8-7-9-15(3)10-11-26-23(33)20-19(16(30)12-17(31)21(20)29-28)22(32)25(26,6)13-18(27)24(4,5)34-26/h8,10,12,18,28H,7,9,11,13H2,1-6H3/p+1. The van der Waals surface area contributed by atoms with Crippen LogP contribution >= 0.6 is 11.6 Å². The zero-order valence-electron chi connectivity index (χ0n) is 20.5. The first kappa shape index (κ1) is 26.0. The Morgan fingerprint density at radius 3 is 2.41 bits per heavy atom. The summed E-state index contributed by atoms with van der Waals surface area (Å²) in [4.78, 5) is 44.1. The number of alkyl halides is 1. The largest absolute Gasteiger partial charge is 0.501 e. The number of hydrogen-bond acceptors (Lipinski definition) is 6. The molecule has 1 saturated heterocycles. The molecule has 2 aliphatic carbocycles. The Balaban J connectivity index is 2.20. The molecule has 34 heavy (non-hydrogen) atoms. The molecule has 0 saturated carbocycles. The number of rotatable bonds is 5. The number of ether oxygens (including phenoxy) is 1. The summed E-state index contributed by atoms with van der Waals surface area (Å²) in [5.41, 5.74) is 4.63. The van der Waals surface area contributed by atoms with Gasteiger partial charge in [0.25, 0.3) is 0 Å². The van der Waals surface area contributed by atoms with E-state index in [-0.39, 0.29) is 24.0 Å². The molecule has 0 aromatic carbocycles. The molecular formula is C26H32ClN2O5+. The van der Waals surface area contributed by atoms with Crippen LogP contribution in [0.1, 0.15) is 67.2 Å². The maximum absolute atomic E-state index is 14.2. The molecule has 0 radical (unpaired) electrons. The van der Waals surface area contributed by atoms with Crippen molar-refractivity contribution in [1.82, 2.24) is 0 Å². The highest BCUT2D eigenvalue weighted by molar-refractivity contribution is 6.45. The number of aliphatic hydroxyl groups excluding tert-OH is 1. The number of allylic oxidation sites excluding steroid dienone is 6. The fraction of sp³-hybridized carbons (Fsp3) is 0.538. The van der Waals surface area contributed by atoms with E-state index in [0.717, 1.165) is 24.5 Å². The molecule has 182 valence electrons. The number of nitrogens with zero attached hydrogens (tertiary/aromatic N) is 1. The van der Waals surface area contributed by atoms with Crippen molar-refractivity contribution >= 4 is 34.7 Å². The molecule has 8 heteroatoms. The lowest BCUT2D eigenvalue weighted by atomic mass is 9.54. The lowest BCUT2D eigenvalue weighted by molar-refractivity contribution is -0.223. The number of fused-ring (bicyclic) bond motifs is 1. The van der Waals surface area contributed by atoms with E-state index < -0.39 is 50.8 Å². The number of ketones is 3. The van der Waals surface area contributed by atoms with Crippen LogP contribution in [0.15, 0.2) is 46.3 Å². The third kappa shape index (κ3) is 3.96. The van der Waals surface area contributed by atoms with Gasteiger partial charge < -0.3 is 9.84 Å². The minimum absolute atomic E-state index is 0.0858. The average Bonchev–Trinajstić information content (AvgIpc) is 2.73. The fourth-order valence-corrected chi connectivity index (χ4v) is 5.36. The Bertz CT molecular complexity index is 1150. The predicted molar refractivity (Wildman–Crippen MR) is 128 cm³/mol. The number of carbonyl (C=O) groups excluding carboxylic acids is 3. The van der Waals surface area contributed by atoms with Gasteiger partial charge in [-0.3, -0.25) is 14.4 Å². The van der Waals surface area contributed by atoms with E-state index >= 15 is 0 Å². The molecule has 0 aromatic rings. The molecule has 7 nitrogen and oxygen atoms in total. The van der Waals surface area contributed by atoms with E-state index in [1.165, 1.54) is 5.57 Å². The van der Waals surface area contributed by atoms with Crippen LogP contribution in [0.3, 0.4) is 0 Å². The molecule has 3 atom stereocenters. The van der Waals surface area contributed by atoms with Crippen LogP contribution in [0.4, 0.5) is 0 Å². The molecule has 3 rings (SSSR count). The highest BCUT2D eigenvalue weighted by atomic mass is 35.5. The number of halogens is 1. The minimum Gasteiger partial charge on any atom is -0.501 e. The Morgan fingerprint density at radius 1 is 1.18 bits per heavy atom. The normalized spacial score (nSPS) is 31.0. The van der Waals surface area contributed by atoms with Crippen molar-refractivity contribution < 1.29 is 29.0 Å². The molecular weight excluding hydrogens is 456 g/mol. The summed E-state index contributed by atoms with van der Waals surface area (Å²) in [6.07, 6.45) is 6.69. The molecule has 0 bridgehead atoms. The average molecular weight is 488 g/mol. The Kier molecular flexibility index (Phi) is 6.79. The van der Waals surface area contributed by atoms with Gasteiger partial charge in [0.2, 0.25) is 11.5 Å². The Labute approximate surface area is 204 Å². The van der Waals surface area contributed by atoms with Gasteiger partial charge in [-0.1, -0.05) is 23.3 Å². The van der Waals surface area contributed by atoms with E-state index in [1.807, 2.05) is 26.8 Å². The van der Waals surface area contributed by atoms with Crippen molar-refractivity contribution in [2.75, 3.05) is 0 Å². The third-order valence-corrected chi connectivity index (χ3v) is 7.86. The van der Waals surface area contributed by atoms with Gasteiger partial charge in [-0.25, -0.2) is 0 Å². The second kappa shape index (κ2) is 8.88. The number of hydrogen-bond donors (Lipinski definition) is 2. The second-order valence-corrected chi connectivity index (χ2v) is 10.9. The smallest absolute Gasteiger partial charge is 0.417 e. The molecule has 2 N–H and O–H groups in total. The summed E-state index contributed by atoms with van der Waals surface area (Å²) in [5, 5.41) is 9.66. The number of carbonyl (C=O) groups is 3. The van der Waals surface area contributed by atoms with Gasteiger partial charge in [0.1, 0.15) is 11.2 Å². The van der Waals surface area contributed by atoms with Crippen molar-refractivity contribution in [1.29, 1.82) is 5.53 Å². The molecule has 1 fully saturated rings. The molecule has 0 spiro atoms. The summed E-state index contributed by atoms with van der Waals surface area (Å²) >= 11 is 6.63. The van der Waals surface area contributed by atoms with Crippen LogP contribution < -0.4 is 0 Å². The molecule has 3 unspecified atom stereocenters. The molecule has 0 aromatic heterocycles. The van der Waals surface area contributed by atoms with E-state index in [0.29, 0.717) is 0 Å². The maximum atomic E-state index is 14.2. The summed E-state index contributed by atoms with van der Waals surface area (Å²) in [7, 11) is 0. The van der Waals surface area contributed by atoms with Gasteiger partial charge in [-0.2, -0.15) is 0 Å². The van der Waals surface area contributed by atoms with Gasteiger partial charge in [-0.05, 0) is 60.8 Å². The van der Waals surface area contributed by atoms with Gasteiger partial charge in [0.05, 0.1) is 32.3 Å². The van der Waals surface area contributed by atoms with Gasteiger partial charge >= 0.3 is 5.71 Å². The first-order valence-corrected chi connectivity index (χ1v) is 11.8. The lowest BCUT2D eigenvalue weighted by Gasteiger charge is -2.57. The number of Topliss-reactive ketones (excluding diaryl/α,β-unsaturated/α-hetero) is 2. The zero-order chi connectivity index (χ0) is 25.6. The number of aliphatic hydroxyl groups is 1. The first-order chi connectivity index (χ1) is 15.7. The minimum atomic E-state index is -1.66. The third-order valence-electron chi connectivity index (χ3n) is 7.18. The summed E-state index contributed by atoms with van der Waals surface area (Å²) < 4.78 is 6.45. The monoisotopic (exact) mass is 487 g/mol. The van der Waals surface area contributed by atoms with Gasteiger partial charge in [0.15, 0.2) is 11.6 Å². The fourth-order valence-electron chi connectivity index (χ4n) is 5.01. The lowest BCUT2D eigenvalue weighted by Crippen LogP contribution is -2.70. The van der Waals surface area contributed by atoms with Crippen molar-refractivity contribution in [3.05, 3.63) is 46.3 Å². The van der Waals surface area contributed by atoms with Crippen molar-refractivity contribution in [2.24, 2.45) is 5.41 Å². The van der Waals surface area contributed by atoms with Crippen LogP contribution in [0.5, 0.6) is 0 Å². The Hall–Kier alpha value is -2.60. The van der Waals surface area contributed by atoms with Crippen molar-refractivity contribution in [3.63, 3.8) is 0 Å². The maximum Gasteiger partial charge on any atom is 0.417 e. The quantitative estimate of drug-likeness (QED) is 0.144. The van der Waals surface area contributed by atoms with E-state index in [4.69, 9.17) is 21.9 Å². The van der Waals surface area contributed by atoms with Crippen LogP contribution in [-0.4, -0.2) is 49.5 Å². The van der Waals surface area contributed by atoms with Crippen LogP contribution in [0, 0.1) is 10.9 Å². The number of nitrogens with one attached hydrogen (secondary N) is 1. The molecule has 0 amide bonds. The molecule has 3 aliphatic rings.